The average Bonchev–Trinajstić information content (AvgIpc) is 2.35. The van der Waals surface area contributed by atoms with E-state index in [1.165, 1.54) is 6.92 Å². The summed E-state index contributed by atoms with van der Waals surface area (Å²) >= 11 is 3.28. The number of hydrogen-bond acceptors (Lipinski definition) is 4. The quantitative estimate of drug-likeness (QED) is 0.630. The van der Waals surface area contributed by atoms with Gasteiger partial charge in [0.2, 0.25) is 0 Å². The monoisotopic (exact) mass is 327 g/mol. The highest BCUT2D eigenvalue weighted by Gasteiger charge is 2.22. The van der Waals surface area contributed by atoms with Gasteiger partial charge in [0.1, 0.15) is 0 Å². The largest absolute Gasteiger partial charge is 0.448 e. The summed E-state index contributed by atoms with van der Waals surface area (Å²) < 4.78 is 5.59. The molecular formula is C13H14BrNO4. The summed E-state index contributed by atoms with van der Waals surface area (Å²) in [4.78, 5) is 28.3. The average molecular weight is 328 g/mol. The van der Waals surface area contributed by atoms with Crippen molar-refractivity contribution in [1.82, 2.24) is 0 Å². The Morgan fingerprint density at radius 3 is 2.63 bits per heavy atom. The van der Waals surface area contributed by atoms with Crippen LogP contribution in [0.15, 0.2) is 40.9 Å². The first-order valence-corrected chi connectivity index (χ1v) is 6.35. The molecule has 0 unspecified atom stereocenters. The number of halogens is 1. The maximum absolute atomic E-state index is 11.8. The van der Waals surface area contributed by atoms with Crippen molar-refractivity contribution >= 4 is 33.7 Å². The third-order valence-electron chi connectivity index (χ3n) is 2.00. The SMILES string of the molecule is C=C(C)C(=O)ON(C(=O)OCC)c1cccc(Br)c1. The number of carbonyl (C=O) groups is 2. The van der Waals surface area contributed by atoms with Crippen molar-refractivity contribution in [2.24, 2.45) is 0 Å². The highest BCUT2D eigenvalue weighted by atomic mass is 79.9. The fraction of sp³-hybridized carbons (Fsp3) is 0.231. The van der Waals surface area contributed by atoms with Gasteiger partial charge in [-0.05, 0) is 32.0 Å². The predicted molar refractivity (Wildman–Crippen MR) is 74.5 cm³/mol. The highest BCUT2D eigenvalue weighted by molar-refractivity contribution is 9.10. The molecule has 0 N–H and O–H groups in total. The zero-order valence-corrected chi connectivity index (χ0v) is 12.3. The molecule has 102 valence electrons. The minimum Gasteiger partial charge on any atom is -0.447 e. The second-order valence-corrected chi connectivity index (χ2v) is 4.55. The molecule has 0 spiro atoms. The van der Waals surface area contributed by atoms with Crippen molar-refractivity contribution in [1.29, 1.82) is 0 Å². The molecule has 0 aliphatic rings. The lowest BCUT2D eigenvalue weighted by Crippen LogP contribution is -2.34. The zero-order chi connectivity index (χ0) is 14.4. The van der Waals surface area contributed by atoms with Crippen LogP contribution in [0.2, 0.25) is 0 Å². The topological polar surface area (TPSA) is 55.8 Å². The van der Waals surface area contributed by atoms with Crippen molar-refractivity contribution in [3.05, 3.63) is 40.9 Å². The number of rotatable bonds is 3. The van der Waals surface area contributed by atoms with E-state index in [9.17, 15) is 9.59 Å². The first-order chi connectivity index (χ1) is 8.95. The second-order valence-electron chi connectivity index (χ2n) is 3.63. The Balaban J connectivity index is 3.01. The fourth-order valence-electron chi connectivity index (χ4n) is 1.14. The van der Waals surface area contributed by atoms with E-state index in [1.807, 2.05) is 0 Å². The van der Waals surface area contributed by atoms with Gasteiger partial charge in [-0.25, -0.2) is 9.59 Å². The van der Waals surface area contributed by atoms with Crippen LogP contribution in [0.25, 0.3) is 0 Å². The molecule has 0 saturated heterocycles. The number of hydroxylamine groups is 1. The van der Waals surface area contributed by atoms with Crippen LogP contribution < -0.4 is 5.06 Å². The lowest BCUT2D eigenvalue weighted by atomic mass is 10.3. The molecule has 6 heteroatoms. The molecule has 0 aromatic heterocycles. The van der Waals surface area contributed by atoms with Crippen molar-refractivity contribution in [2.75, 3.05) is 11.7 Å². The summed E-state index contributed by atoms with van der Waals surface area (Å²) in [5.41, 5.74) is 0.562. The van der Waals surface area contributed by atoms with E-state index in [1.54, 1.807) is 31.2 Å². The Bertz CT molecular complexity index is 501. The Kier molecular flexibility index (Phi) is 5.57. The number of hydrogen-bond donors (Lipinski definition) is 0. The molecule has 5 nitrogen and oxygen atoms in total. The summed E-state index contributed by atoms with van der Waals surface area (Å²) in [6.45, 7) is 6.79. The Hall–Kier alpha value is -1.82. The summed E-state index contributed by atoms with van der Waals surface area (Å²) in [5, 5.41) is 0.797. The van der Waals surface area contributed by atoms with Crippen LogP contribution in [-0.4, -0.2) is 18.7 Å². The van der Waals surface area contributed by atoms with Crippen LogP contribution in [0.4, 0.5) is 10.5 Å². The van der Waals surface area contributed by atoms with Gasteiger partial charge in [0.25, 0.3) is 0 Å². The van der Waals surface area contributed by atoms with Gasteiger partial charge in [0.05, 0.1) is 12.3 Å². The Labute approximate surface area is 119 Å². The number of benzene rings is 1. The van der Waals surface area contributed by atoms with Crippen LogP contribution in [0, 0.1) is 0 Å². The number of carbonyl (C=O) groups excluding carboxylic acids is 2. The van der Waals surface area contributed by atoms with Gasteiger partial charge >= 0.3 is 12.1 Å². The lowest BCUT2D eigenvalue weighted by molar-refractivity contribution is -0.139. The Morgan fingerprint density at radius 2 is 2.11 bits per heavy atom. The fourth-order valence-corrected chi connectivity index (χ4v) is 1.53. The van der Waals surface area contributed by atoms with E-state index in [2.05, 4.69) is 22.5 Å². The molecular weight excluding hydrogens is 314 g/mol. The van der Waals surface area contributed by atoms with E-state index >= 15 is 0 Å². The van der Waals surface area contributed by atoms with Gasteiger partial charge < -0.3 is 9.57 Å². The van der Waals surface area contributed by atoms with Crippen LogP contribution >= 0.6 is 15.9 Å². The number of amides is 1. The van der Waals surface area contributed by atoms with Crippen LogP contribution in [0.1, 0.15) is 13.8 Å². The van der Waals surface area contributed by atoms with Gasteiger partial charge in [-0.1, -0.05) is 28.6 Å². The number of nitrogens with zero attached hydrogens (tertiary/aromatic N) is 1. The molecule has 0 fully saturated rings. The minimum atomic E-state index is -0.768. The predicted octanol–water partition coefficient (Wildman–Crippen LogP) is 3.45. The van der Waals surface area contributed by atoms with Crippen LogP contribution in [0.3, 0.4) is 0 Å². The Morgan fingerprint density at radius 1 is 1.42 bits per heavy atom. The van der Waals surface area contributed by atoms with Crippen molar-refractivity contribution in [3.8, 4) is 0 Å². The maximum Gasteiger partial charge on any atom is 0.448 e. The highest BCUT2D eigenvalue weighted by Crippen LogP contribution is 2.21. The molecule has 1 aromatic rings. The zero-order valence-electron chi connectivity index (χ0n) is 10.7. The molecule has 1 amide bonds. The van der Waals surface area contributed by atoms with E-state index in [0.717, 1.165) is 9.54 Å². The molecule has 0 atom stereocenters. The van der Waals surface area contributed by atoms with Gasteiger partial charge in [-0.3, -0.25) is 0 Å². The third-order valence-corrected chi connectivity index (χ3v) is 2.49. The van der Waals surface area contributed by atoms with Crippen molar-refractivity contribution in [3.63, 3.8) is 0 Å². The first-order valence-electron chi connectivity index (χ1n) is 5.56. The molecule has 0 heterocycles. The van der Waals surface area contributed by atoms with Crippen molar-refractivity contribution < 1.29 is 19.2 Å². The molecule has 0 saturated carbocycles. The standard InChI is InChI=1S/C13H14BrNO4/c1-4-18-13(17)15(19-12(16)9(2)3)11-7-5-6-10(14)8-11/h5-8H,2,4H2,1,3H3. The molecule has 1 rings (SSSR count). The molecule has 0 bridgehead atoms. The molecule has 1 aromatic carbocycles. The maximum atomic E-state index is 11.8. The summed E-state index contributed by atoms with van der Waals surface area (Å²) in [7, 11) is 0. The van der Waals surface area contributed by atoms with E-state index in [4.69, 9.17) is 9.57 Å². The van der Waals surface area contributed by atoms with Crippen LogP contribution in [0.5, 0.6) is 0 Å². The third kappa shape index (κ3) is 4.40. The smallest absolute Gasteiger partial charge is 0.447 e. The van der Waals surface area contributed by atoms with E-state index < -0.39 is 12.1 Å². The molecule has 19 heavy (non-hydrogen) atoms. The van der Waals surface area contributed by atoms with Crippen molar-refractivity contribution in [2.45, 2.75) is 13.8 Å². The summed E-state index contributed by atoms with van der Waals surface area (Å²) in [5.74, 6) is -0.701. The number of ether oxygens (including phenoxy) is 1. The van der Waals surface area contributed by atoms with Gasteiger partial charge in [-0.2, -0.15) is 0 Å². The minimum absolute atomic E-state index is 0.175. The van der Waals surface area contributed by atoms with E-state index in [0.29, 0.717) is 5.69 Å². The van der Waals surface area contributed by atoms with Crippen LogP contribution in [-0.2, 0) is 14.4 Å². The van der Waals surface area contributed by atoms with Gasteiger partial charge in [-0.15, -0.1) is 5.06 Å². The molecule has 0 aliphatic heterocycles. The van der Waals surface area contributed by atoms with Gasteiger partial charge in [0, 0.05) is 10.0 Å². The lowest BCUT2D eigenvalue weighted by Gasteiger charge is -2.20. The normalized spacial score (nSPS) is 9.63. The van der Waals surface area contributed by atoms with E-state index in [-0.39, 0.29) is 12.2 Å². The molecule has 0 aliphatic carbocycles. The summed E-state index contributed by atoms with van der Waals surface area (Å²) in [6.07, 6.45) is -0.768. The number of anilines is 1. The second kappa shape index (κ2) is 6.94. The molecule has 0 radical (unpaired) electrons. The summed E-state index contributed by atoms with van der Waals surface area (Å²) in [6, 6.07) is 6.74. The first kappa shape index (κ1) is 15.2. The van der Waals surface area contributed by atoms with Gasteiger partial charge in [0.15, 0.2) is 0 Å².